The summed E-state index contributed by atoms with van der Waals surface area (Å²) in [6, 6.07) is -0.557. The van der Waals surface area contributed by atoms with Crippen LogP contribution in [0.2, 0.25) is 0 Å². The lowest BCUT2D eigenvalue weighted by atomic mass is 9.94. The summed E-state index contributed by atoms with van der Waals surface area (Å²) in [5.41, 5.74) is 0.368. The second-order valence-electron chi connectivity index (χ2n) is 8.77. The molecule has 0 saturated carbocycles. The summed E-state index contributed by atoms with van der Waals surface area (Å²) in [5, 5.41) is 5.94. The van der Waals surface area contributed by atoms with Crippen molar-refractivity contribution in [3.8, 4) is 0 Å². The number of anilines is 1. The summed E-state index contributed by atoms with van der Waals surface area (Å²) in [7, 11) is 1.32. The molecule has 1 aromatic heterocycles. The van der Waals surface area contributed by atoms with Crippen molar-refractivity contribution in [1.82, 2.24) is 10.2 Å². The summed E-state index contributed by atoms with van der Waals surface area (Å²) in [6.45, 7) is 3.43. The minimum Gasteiger partial charge on any atom is -0.465 e. The van der Waals surface area contributed by atoms with E-state index in [-0.39, 0.29) is 5.91 Å². The molecule has 2 aliphatic rings. The zero-order valence-corrected chi connectivity index (χ0v) is 20.0. The van der Waals surface area contributed by atoms with Gasteiger partial charge >= 0.3 is 12.0 Å². The van der Waals surface area contributed by atoms with Crippen molar-refractivity contribution in [2.45, 2.75) is 83.6 Å². The van der Waals surface area contributed by atoms with Crippen LogP contribution in [0.4, 0.5) is 9.80 Å². The van der Waals surface area contributed by atoms with Gasteiger partial charge in [0.15, 0.2) is 0 Å². The number of thiophene rings is 1. The van der Waals surface area contributed by atoms with Crippen LogP contribution in [0.3, 0.4) is 0 Å². The van der Waals surface area contributed by atoms with Crippen LogP contribution in [0.15, 0.2) is 0 Å². The number of nitrogens with zero attached hydrogens (tertiary/aromatic N) is 1. The quantitative estimate of drug-likeness (QED) is 0.249. The highest BCUT2D eigenvalue weighted by Crippen LogP contribution is 2.38. The van der Waals surface area contributed by atoms with Crippen LogP contribution in [-0.2, 0) is 27.2 Å². The molecule has 1 atom stereocenters. The standard InChI is InChI=1S/C23H33N3O5S/c1-4-5-6-10-13-23(2)21(29)26(22(30)25-23)14-17(27)24-19-18(20(28)31-3)15-11-8-7-9-12-16(15)32-19/h4-14H2,1-3H3,(H,24,27)(H,25,30). The Morgan fingerprint density at radius 1 is 1.16 bits per heavy atom. The molecular weight excluding hydrogens is 430 g/mol. The van der Waals surface area contributed by atoms with E-state index in [0.29, 0.717) is 17.0 Å². The van der Waals surface area contributed by atoms with Gasteiger partial charge in [-0.3, -0.25) is 14.5 Å². The molecule has 4 amide bonds. The Labute approximate surface area is 193 Å². The Morgan fingerprint density at radius 3 is 2.62 bits per heavy atom. The predicted octanol–water partition coefficient (Wildman–Crippen LogP) is 4.02. The third-order valence-corrected chi connectivity index (χ3v) is 7.45. The summed E-state index contributed by atoms with van der Waals surface area (Å²) in [5.74, 6) is -1.37. The molecule has 8 nitrogen and oxygen atoms in total. The molecule has 0 radical (unpaired) electrons. The van der Waals surface area contributed by atoms with E-state index in [0.717, 1.165) is 73.1 Å². The van der Waals surface area contributed by atoms with E-state index in [1.807, 2.05) is 0 Å². The van der Waals surface area contributed by atoms with E-state index in [1.165, 1.54) is 18.4 Å². The van der Waals surface area contributed by atoms with Crippen molar-refractivity contribution in [2.75, 3.05) is 19.0 Å². The van der Waals surface area contributed by atoms with Crippen molar-refractivity contribution >= 4 is 40.2 Å². The Morgan fingerprint density at radius 2 is 1.91 bits per heavy atom. The maximum atomic E-state index is 12.9. The number of amides is 4. The van der Waals surface area contributed by atoms with Crippen molar-refractivity contribution < 1.29 is 23.9 Å². The third kappa shape index (κ3) is 5.14. The van der Waals surface area contributed by atoms with Crippen LogP contribution in [-0.4, -0.2) is 47.9 Å². The molecule has 1 aliphatic heterocycles. The average molecular weight is 464 g/mol. The number of carbonyl (C=O) groups excluding carboxylic acids is 4. The number of imide groups is 1. The largest absolute Gasteiger partial charge is 0.465 e. The third-order valence-electron chi connectivity index (χ3n) is 6.24. The average Bonchev–Trinajstić information content (AvgIpc) is 3.06. The Bertz CT molecular complexity index is 896. The minimum atomic E-state index is -0.984. The molecule has 2 N–H and O–H groups in total. The first-order valence-corrected chi connectivity index (χ1v) is 12.3. The van der Waals surface area contributed by atoms with Gasteiger partial charge in [0.05, 0.1) is 12.7 Å². The van der Waals surface area contributed by atoms with Crippen molar-refractivity contribution in [2.24, 2.45) is 0 Å². The lowest BCUT2D eigenvalue weighted by molar-refractivity contribution is -0.133. The maximum Gasteiger partial charge on any atom is 0.341 e. The zero-order chi connectivity index (χ0) is 23.3. The summed E-state index contributed by atoms with van der Waals surface area (Å²) >= 11 is 1.39. The van der Waals surface area contributed by atoms with E-state index in [2.05, 4.69) is 17.6 Å². The van der Waals surface area contributed by atoms with E-state index in [4.69, 9.17) is 4.74 Å². The molecule has 2 heterocycles. The fourth-order valence-corrected chi connectivity index (χ4v) is 5.72. The van der Waals surface area contributed by atoms with E-state index in [9.17, 15) is 19.2 Å². The number of fused-ring (bicyclic) bond motifs is 1. The molecule has 1 unspecified atom stereocenters. The first-order chi connectivity index (χ1) is 15.3. The second-order valence-corrected chi connectivity index (χ2v) is 9.88. The van der Waals surface area contributed by atoms with Crippen LogP contribution in [0.1, 0.15) is 86.0 Å². The highest BCUT2D eigenvalue weighted by Gasteiger charge is 2.47. The van der Waals surface area contributed by atoms with Crippen LogP contribution >= 0.6 is 11.3 Å². The molecule has 1 saturated heterocycles. The summed E-state index contributed by atoms with van der Waals surface area (Å²) < 4.78 is 4.96. The smallest absolute Gasteiger partial charge is 0.341 e. The van der Waals surface area contributed by atoms with Crippen LogP contribution in [0.5, 0.6) is 0 Å². The number of hydrogen-bond acceptors (Lipinski definition) is 6. The number of methoxy groups -OCH3 is 1. The molecule has 3 rings (SSSR count). The first kappa shape index (κ1) is 24.2. The number of ether oxygens (including phenoxy) is 1. The first-order valence-electron chi connectivity index (χ1n) is 11.5. The predicted molar refractivity (Wildman–Crippen MR) is 123 cm³/mol. The Kier molecular flexibility index (Phi) is 7.92. The summed E-state index contributed by atoms with van der Waals surface area (Å²) in [4.78, 5) is 52.6. The van der Waals surface area contributed by atoms with Gasteiger partial charge in [-0.1, -0.05) is 39.0 Å². The van der Waals surface area contributed by atoms with E-state index < -0.39 is 30.0 Å². The second kappa shape index (κ2) is 10.5. The van der Waals surface area contributed by atoms with Gasteiger partial charge in [-0.15, -0.1) is 11.3 Å². The highest BCUT2D eigenvalue weighted by molar-refractivity contribution is 7.17. The number of nitrogens with one attached hydrogen (secondary N) is 2. The highest BCUT2D eigenvalue weighted by atomic mass is 32.1. The fourth-order valence-electron chi connectivity index (χ4n) is 4.42. The van der Waals surface area contributed by atoms with Gasteiger partial charge in [0.25, 0.3) is 5.91 Å². The van der Waals surface area contributed by atoms with Gasteiger partial charge in [0.1, 0.15) is 17.1 Å². The number of esters is 1. The lowest BCUT2D eigenvalue weighted by Gasteiger charge is -2.21. The number of rotatable bonds is 9. The normalized spacial score (nSPS) is 20.5. The van der Waals surface area contributed by atoms with E-state index >= 15 is 0 Å². The van der Waals surface area contributed by atoms with Crippen LogP contribution in [0.25, 0.3) is 0 Å². The number of urea groups is 1. The minimum absolute atomic E-state index is 0.385. The molecule has 1 aliphatic carbocycles. The van der Waals surface area contributed by atoms with Crippen molar-refractivity contribution in [1.29, 1.82) is 0 Å². The summed E-state index contributed by atoms with van der Waals surface area (Å²) in [6.07, 6.45) is 9.31. The van der Waals surface area contributed by atoms with Crippen molar-refractivity contribution in [3.63, 3.8) is 0 Å². The topological polar surface area (TPSA) is 105 Å². The molecular formula is C23H33N3O5S. The monoisotopic (exact) mass is 463 g/mol. The molecule has 0 bridgehead atoms. The zero-order valence-electron chi connectivity index (χ0n) is 19.2. The molecule has 32 heavy (non-hydrogen) atoms. The number of hydrogen-bond donors (Lipinski definition) is 2. The van der Waals surface area contributed by atoms with Crippen molar-refractivity contribution in [3.05, 3.63) is 16.0 Å². The van der Waals surface area contributed by atoms with Gasteiger partial charge in [-0.05, 0) is 44.6 Å². The molecule has 9 heteroatoms. The van der Waals surface area contributed by atoms with E-state index in [1.54, 1.807) is 6.92 Å². The van der Waals surface area contributed by atoms with Gasteiger partial charge in [-0.25, -0.2) is 9.59 Å². The molecule has 1 aromatic rings. The molecule has 1 fully saturated rings. The van der Waals surface area contributed by atoms with Crippen LogP contribution in [0, 0.1) is 0 Å². The van der Waals surface area contributed by atoms with Gasteiger partial charge in [0, 0.05) is 4.88 Å². The van der Waals surface area contributed by atoms with Gasteiger partial charge in [0.2, 0.25) is 5.91 Å². The fraction of sp³-hybridized carbons (Fsp3) is 0.652. The molecule has 0 spiro atoms. The number of unbranched alkanes of at least 4 members (excludes halogenated alkanes) is 3. The Balaban J connectivity index is 1.70. The Hall–Kier alpha value is -2.42. The SMILES string of the molecule is CCCCCCC1(C)NC(=O)N(CC(=O)Nc2sc3c(c2C(=O)OC)CCCCC3)C1=O. The number of aryl methyl sites for hydroxylation is 1. The maximum absolute atomic E-state index is 12.9. The molecule has 0 aromatic carbocycles. The van der Waals surface area contributed by atoms with Gasteiger partial charge in [-0.2, -0.15) is 0 Å². The lowest BCUT2D eigenvalue weighted by Crippen LogP contribution is -2.44. The molecule has 176 valence electrons. The number of carbonyl (C=O) groups is 4. The van der Waals surface area contributed by atoms with Gasteiger partial charge < -0.3 is 15.4 Å². The van der Waals surface area contributed by atoms with Crippen LogP contribution < -0.4 is 10.6 Å².